The minimum absolute atomic E-state index is 0.0210. The third-order valence-corrected chi connectivity index (χ3v) is 10.1. The maximum Gasteiger partial charge on any atom is 0.358 e. The van der Waals surface area contributed by atoms with E-state index < -0.39 is 52.6 Å². The number of carboxylic acid groups (broad SMARTS) is 1. The predicted molar refractivity (Wildman–Crippen MR) is 226 cm³/mol. The molecule has 4 amide bonds. The van der Waals surface area contributed by atoms with Gasteiger partial charge >= 0.3 is 17.9 Å². The van der Waals surface area contributed by atoms with E-state index in [2.05, 4.69) is 17.6 Å². The Hall–Kier alpha value is -3.67. The van der Waals surface area contributed by atoms with Gasteiger partial charge in [-0.3, -0.25) is 28.8 Å². The number of nitrogens with zero attached hydrogens (tertiary/aromatic N) is 1. The third kappa shape index (κ3) is 24.5. The minimum atomic E-state index is -1.86. The summed E-state index contributed by atoms with van der Waals surface area (Å²) >= 11 is 0. The van der Waals surface area contributed by atoms with Crippen LogP contribution in [-0.4, -0.2) is 122 Å². The summed E-state index contributed by atoms with van der Waals surface area (Å²) in [4.78, 5) is 92.5. The number of rotatable bonds is 35. The van der Waals surface area contributed by atoms with Crippen molar-refractivity contribution in [3.05, 3.63) is 0 Å². The molecule has 2 atom stereocenters. The molecule has 352 valence electrons. The minimum Gasteiger partial charge on any atom is -0.481 e. The first-order valence-corrected chi connectivity index (χ1v) is 22.2. The number of amides is 4. The molecule has 17 heteroatoms. The summed E-state index contributed by atoms with van der Waals surface area (Å²) in [6, 6.07) is 0. The molecule has 1 fully saturated rings. The molecule has 1 aliphatic rings. The molecular formula is C44H77N3O14. The molecular weight excluding hydrogens is 794 g/mol. The Morgan fingerprint density at radius 2 is 1.16 bits per heavy atom. The number of aliphatic carboxylic acids is 1. The third-order valence-electron chi connectivity index (χ3n) is 10.1. The average molecular weight is 872 g/mol. The van der Waals surface area contributed by atoms with Gasteiger partial charge in [-0.05, 0) is 45.4 Å². The van der Waals surface area contributed by atoms with Gasteiger partial charge in [0.1, 0.15) is 11.1 Å². The van der Waals surface area contributed by atoms with E-state index in [1.807, 2.05) is 20.8 Å². The Morgan fingerprint density at radius 3 is 1.67 bits per heavy atom. The fourth-order valence-electron chi connectivity index (χ4n) is 6.55. The largest absolute Gasteiger partial charge is 0.481 e. The van der Waals surface area contributed by atoms with Crippen molar-refractivity contribution in [2.24, 2.45) is 11.3 Å². The van der Waals surface area contributed by atoms with Crippen molar-refractivity contribution in [1.82, 2.24) is 15.7 Å². The van der Waals surface area contributed by atoms with Gasteiger partial charge in [0.2, 0.25) is 11.8 Å². The number of esters is 1. The fraction of sp³-hybridized carbons (Fsp3) is 0.841. The van der Waals surface area contributed by atoms with E-state index in [0.717, 1.165) is 25.7 Å². The van der Waals surface area contributed by atoms with Crippen molar-refractivity contribution in [3.8, 4) is 0 Å². The van der Waals surface area contributed by atoms with Gasteiger partial charge in [0.25, 0.3) is 11.8 Å². The Bertz CT molecular complexity index is 1330. The van der Waals surface area contributed by atoms with Crippen molar-refractivity contribution >= 4 is 41.5 Å². The second kappa shape index (κ2) is 30.4. The Kier molecular flexibility index (Phi) is 27.6. The van der Waals surface area contributed by atoms with Gasteiger partial charge in [-0.25, -0.2) is 4.79 Å². The fourth-order valence-corrected chi connectivity index (χ4v) is 6.55. The molecule has 0 aromatic heterocycles. The zero-order chi connectivity index (χ0) is 45.7. The number of carbonyl (C=O) groups excluding carboxylic acids is 6. The highest BCUT2D eigenvalue weighted by atomic mass is 16.7. The molecule has 0 aromatic carbocycles. The lowest BCUT2D eigenvalue weighted by atomic mass is 9.70. The SMILES string of the molecule is CCCCCCCCCCCC(CCC(=O)NCCOCCOCCOCCOCCC(=O)NC(CCC(=O)O)(C(=O)ON1C(=O)CCC1=O)C(C)(C)C)C(=O)OC(C)(C)C. The van der Waals surface area contributed by atoms with Gasteiger partial charge in [-0.1, -0.05) is 85.5 Å². The number of carboxylic acids is 1. The van der Waals surface area contributed by atoms with E-state index in [-0.39, 0.29) is 69.7 Å². The van der Waals surface area contributed by atoms with Crippen LogP contribution in [0.3, 0.4) is 0 Å². The molecule has 0 aromatic rings. The topological polar surface area (TPSA) is 222 Å². The van der Waals surface area contributed by atoms with E-state index >= 15 is 0 Å². The maximum atomic E-state index is 13.4. The van der Waals surface area contributed by atoms with Gasteiger partial charge in [-0.2, -0.15) is 0 Å². The van der Waals surface area contributed by atoms with Crippen LogP contribution in [0.4, 0.5) is 0 Å². The molecule has 0 bridgehead atoms. The summed E-state index contributed by atoms with van der Waals surface area (Å²) in [5.74, 6) is -4.99. The summed E-state index contributed by atoms with van der Waals surface area (Å²) in [7, 11) is 0. The molecule has 1 heterocycles. The highest BCUT2D eigenvalue weighted by Gasteiger charge is 2.53. The first-order chi connectivity index (χ1) is 28.8. The van der Waals surface area contributed by atoms with E-state index in [9.17, 15) is 38.7 Å². The molecule has 0 aliphatic carbocycles. The lowest BCUT2D eigenvalue weighted by molar-refractivity contribution is -0.206. The van der Waals surface area contributed by atoms with Crippen LogP contribution in [0.1, 0.15) is 158 Å². The maximum absolute atomic E-state index is 13.4. The smallest absolute Gasteiger partial charge is 0.358 e. The lowest BCUT2D eigenvalue weighted by Gasteiger charge is -2.43. The van der Waals surface area contributed by atoms with Gasteiger partial charge in [0.05, 0.1) is 58.8 Å². The highest BCUT2D eigenvalue weighted by molar-refractivity contribution is 6.02. The van der Waals surface area contributed by atoms with E-state index in [1.54, 1.807) is 20.8 Å². The predicted octanol–water partition coefficient (Wildman–Crippen LogP) is 5.59. The number of nitrogens with one attached hydrogen (secondary N) is 2. The summed E-state index contributed by atoms with van der Waals surface area (Å²) in [5.41, 5.74) is -3.50. The van der Waals surface area contributed by atoms with E-state index in [0.29, 0.717) is 51.1 Å². The number of carbonyl (C=O) groups is 7. The van der Waals surface area contributed by atoms with Crippen LogP contribution < -0.4 is 10.6 Å². The van der Waals surface area contributed by atoms with Crippen molar-refractivity contribution in [3.63, 3.8) is 0 Å². The average Bonchev–Trinajstić information content (AvgIpc) is 3.49. The molecule has 2 unspecified atom stereocenters. The first kappa shape index (κ1) is 55.3. The Labute approximate surface area is 363 Å². The molecule has 61 heavy (non-hydrogen) atoms. The summed E-state index contributed by atoms with van der Waals surface area (Å²) in [6.45, 7) is 15.0. The molecule has 0 radical (unpaired) electrons. The first-order valence-electron chi connectivity index (χ1n) is 22.2. The molecule has 0 saturated carbocycles. The standard InChI is InChI=1S/C44H77N3O14/c1-8-9-10-11-12-13-14-15-16-17-34(40(54)60-43(5,6)7)18-19-35(48)45-25-27-57-29-31-59-33-32-58-30-28-56-26-23-36(49)46-44(42(2,3)4,24-22-39(52)53)41(55)61-47-37(50)20-21-38(47)51/h34H,8-33H2,1-7H3,(H,45,48)(H,46,49)(H,52,53). The summed E-state index contributed by atoms with van der Waals surface area (Å²) in [6.07, 6.45) is 11.0. The lowest BCUT2D eigenvalue weighted by Crippen LogP contribution is -2.64. The molecule has 1 rings (SSSR count). The number of hydroxylamine groups is 2. The second-order valence-corrected chi connectivity index (χ2v) is 17.5. The van der Waals surface area contributed by atoms with Gasteiger partial charge in [-0.15, -0.1) is 5.06 Å². The highest BCUT2D eigenvalue weighted by Crippen LogP contribution is 2.37. The van der Waals surface area contributed by atoms with Crippen molar-refractivity contribution in [2.45, 2.75) is 169 Å². The van der Waals surface area contributed by atoms with Crippen LogP contribution in [0.15, 0.2) is 0 Å². The number of ether oxygens (including phenoxy) is 5. The zero-order valence-electron chi connectivity index (χ0n) is 38.2. The number of imide groups is 1. The van der Waals surface area contributed by atoms with Gasteiger partial charge in [0, 0.05) is 38.6 Å². The quantitative estimate of drug-likeness (QED) is 0.0402. The second-order valence-electron chi connectivity index (χ2n) is 17.5. The number of hydrogen-bond donors (Lipinski definition) is 3. The van der Waals surface area contributed by atoms with Crippen molar-refractivity contribution in [2.75, 3.05) is 59.4 Å². The zero-order valence-corrected chi connectivity index (χ0v) is 38.2. The molecule has 0 spiro atoms. The van der Waals surface area contributed by atoms with Crippen LogP contribution in [0.2, 0.25) is 0 Å². The Balaban J connectivity index is 2.24. The Morgan fingerprint density at radius 1 is 0.656 bits per heavy atom. The molecule has 17 nitrogen and oxygen atoms in total. The van der Waals surface area contributed by atoms with Gasteiger partial charge in [0.15, 0.2) is 0 Å². The summed E-state index contributed by atoms with van der Waals surface area (Å²) in [5, 5.41) is 15.2. The van der Waals surface area contributed by atoms with Gasteiger partial charge < -0.3 is 44.3 Å². The molecule has 1 saturated heterocycles. The van der Waals surface area contributed by atoms with Crippen LogP contribution in [0, 0.1) is 11.3 Å². The monoisotopic (exact) mass is 872 g/mol. The van der Waals surface area contributed by atoms with E-state index in [4.69, 9.17) is 28.5 Å². The molecule has 1 aliphatic heterocycles. The molecule has 3 N–H and O–H groups in total. The van der Waals surface area contributed by atoms with Crippen LogP contribution in [0.5, 0.6) is 0 Å². The normalized spacial score (nSPS) is 14.7. The van der Waals surface area contributed by atoms with Crippen LogP contribution in [-0.2, 0) is 62.1 Å². The summed E-state index contributed by atoms with van der Waals surface area (Å²) < 4.78 is 27.7. The van der Waals surface area contributed by atoms with E-state index in [1.165, 1.54) is 38.5 Å². The van der Waals surface area contributed by atoms with Crippen LogP contribution in [0.25, 0.3) is 0 Å². The van der Waals surface area contributed by atoms with Crippen molar-refractivity contribution in [1.29, 1.82) is 0 Å². The van der Waals surface area contributed by atoms with Crippen LogP contribution >= 0.6 is 0 Å². The number of unbranched alkanes of at least 4 members (excludes halogenated alkanes) is 8. The number of hydrogen-bond acceptors (Lipinski definition) is 13. The van der Waals surface area contributed by atoms with Crippen molar-refractivity contribution < 1.29 is 67.2 Å².